The van der Waals surface area contributed by atoms with E-state index in [0.717, 1.165) is 44.1 Å². The summed E-state index contributed by atoms with van der Waals surface area (Å²) in [5.74, 6) is 1.61. The van der Waals surface area contributed by atoms with Crippen LogP contribution in [0.5, 0.6) is 0 Å². The van der Waals surface area contributed by atoms with Gasteiger partial charge in [-0.05, 0) is 55.4 Å². The van der Waals surface area contributed by atoms with Gasteiger partial charge in [0.1, 0.15) is 5.82 Å². The fraction of sp³-hybridized carbons (Fsp3) is 0.611. The summed E-state index contributed by atoms with van der Waals surface area (Å²) in [7, 11) is 0. The smallest absolute Gasteiger partial charge is 0.253 e. The molecular weight excluding hydrogens is 279 g/mol. The second-order valence-corrected chi connectivity index (χ2v) is 7.08. The fourth-order valence-corrected chi connectivity index (χ4v) is 4.69. The number of hydrogen-bond donors (Lipinski definition) is 0. The van der Waals surface area contributed by atoms with Crippen molar-refractivity contribution in [3.8, 4) is 0 Å². The summed E-state index contributed by atoms with van der Waals surface area (Å²) >= 11 is 0. The van der Waals surface area contributed by atoms with E-state index in [1.165, 1.54) is 37.8 Å². The highest BCUT2D eigenvalue weighted by molar-refractivity contribution is 5.94. The minimum absolute atomic E-state index is 0.0348. The number of halogens is 1. The standard InChI is InChI=1S/C18H23FN2O/c19-16-5-3-14(4-6-16)18(22)21-9-7-20(8-10-21)17-12-13-1-2-15(17)11-13/h3-6,13,15,17H,1-2,7-12H2/t13-,15+,17-/m0/s1. The van der Waals surface area contributed by atoms with Crippen molar-refractivity contribution in [2.75, 3.05) is 26.2 Å². The first-order chi connectivity index (χ1) is 10.7. The number of amides is 1. The van der Waals surface area contributed by atoms with Gasteiger partial charge in [0.15, 0.2) is 0 Å². The third-order valence-corrected chi connectivity index (χ3v) is 5.86. The van der Waals surface area contributed by atoms with E-state index < -0.39 is 0 Å². The van der Waals surface area contributed by atoms with Crippen LogP contribution >= 0.6 is 0 Å². The summed E-state index contributed by atoms with van der Waals surface area (Å²) in [5.41, 5.74) is 0.592. The van der Waals surface area contributed by atoms with Gasteiger partial charge in [0.25, 0.3) is 5.91 Å². The van der Waals surface area contributed by atoms with Crippen molar-refractivity contribution in [3.63, 3.8) is 0 Å². The first-order valence-electron chi connectivity index (χ1n) is 8.49. The van der Waals surface area contributed by atoms with E-state index in [2.05, 4.69) is 4.90 Å². The van der Waals surface area contributed by atoms with E-state index in [0.29, 0.717) is 5.56 Å². The van der Waals surface area contributed by atoms with Crippen LogP contribution in [0.15, 0.2) is 24.3 Å². The van der Waals surface area contributed by atoms with Crippen molar-refractivity contribution in [1.82, 2.24) is 9.80 Å². The molecule has 1 saturated heterocycles. The Kier molecular flexibility index (Phi) is 3.65. The molecule has 2 aliphatic carbocycles. The molecule has 2 bridgehead atoms. The van der Waals surface area contributed by atoms with Crippen molar-refractivity contribution in [2.24, 2.45) is 11.8 Å². The van der Waals surface area contributed by atoms with E-state index in [9.17, 15) is 9.18 Å². The van der Waals surface area contributed by atoms with E-state index in [1.54, 1.807) is 12.1 Å². The average molecular weight is 302 g/mol. The Morgan fingerprint density at radius 2 is 1.73 bits per heavy atom. The number of benzene rings is 1. The van der Waals surface area contributed by atoms with Crippen LogP contribution in [0, 0.1) is 17.7 Å². The van der Waals surface area contributed by atoms with Crippen LogP contribution in [0.4, 0.5) is 4.39 Å². The highest BCUT2D eigenvalue weighted by Gasteiger charge is 2.42. The van der Waals surface area contributed by atoms with Gasteiger partial charge in [-0.15, -0.1) is 0 Å². The van der Waals surface area contributed by atoms with Gasteiger partial charge in [-0.25, -0.2) is 4.39 Å². The van der Waals surface area contributed by atoms with Crippen molar-refractivity contribution >= 4 is 5.91 Å². The molecule has 118 valence electrons. The monoisotopic (exact) mass is 302 g/mol. The van der Waals surface area contributed by atoms with Gasteiger partial charge in [-0.2, -0.15) is 0 Å². The molecule has 3 atom stereocenters. The zero-order valence-electron chi connectivity index (χ0n) is 12.9. The third kappa shape index (κ3) is 2.54. The van der Waals surface area contributed by atoms with Gasteiger partial charge in [0.05, 0.1) is 0 Å². The molecule has 0 aromatic heterocycles. The average Bonchev–Trinajstić information content (AvgIpc) is 3.18. The van der Waals surface area contributed by atoms with E-state index in [1.807, 2.05) is 4.90 Å². The van der Waals surface area contributed by atoms with Gasteiger partial charge in [0.2, 0.25) is 0 Å². The lowest BCUT2D eigenvalue weighted by Crippen LogP contribution is -2.53. The van der Waals surface area contributed by atoms with Crippen LogP contribution in [0.25, 0.3) is 0 Å². The number of hydrogen-bond acceptors (Lipinski definition) is 2. The molecular formula is C18H23FN2O. The number of carbonyl (C=O) groups is 1. The van der Waals surface area contributed by atoms with Gasteiger partial charge >= 0.3 is 0 Å². The largest absolute Gasteiger partial charge is 0.336 e. The van der Waals surface area contributed by atoms with Crippen LogP contribution in [-0.2, 0) is 0 Å². The van der Waals surface area contributed by atoms with Crippen LogP contribution in [0.2, 0.25) is 0 Å². The number of carbonyl (C=O) groups excluding carboxylic acids is 1. The van der Waals surface area contributed by atoms with Crippen molar-refractivity contribution in [1.29, 1.82) is 0 Å². The molecule has 4 heteroatoms. The maximum atomic E-state index is 13.0. The van der Waals surface area contributed by atoms with Crippen molar-refractivity contribution in [2.45, 2.75) is 31.7 Å². The highest BCUT2D eigenvalue weighted by Crippen LogP contribution is 2.46. The Bertz CT molecular complexity index is 551. The number of nitrogens with zero attached hydrogens (tertiary/aromatic N) is 2. The second kappa shape index (κ2) is 5.65. The molecule has 3 nitrogen and oxygen atoms in total. The Morgan fingerprint density at radius 3 is 2.32 bits per heavy atom. The Balaban J connectivity index is 1.35. The molecule has 3 fully saturated rings. The van der Waals surface area contributed by atoms with Crippen LogP contribution < -0.4 is 0 Å². The van der Waals surface area contributed by atoms with Gasteiger partial charge in [-0.3, -0.25) is 9.69 Å². The molecule has 1 heterocycles. The number of rotatable bonds is 2. The normalized spacial score (nSPS) is 31.7. The molecule has 0 spiro atoms. The zero-order valence-corrected chi connectivity index (χ0v) is 12.9. The van der Waals surface area contributed by atoms with E-state index >= 15 is 0 Å². The minimum Gasteiger partial charge on any atom is -0.336 e. The second-order valence-electron chi connectivity index (χ2n) is 7.08. The lowest BCUT2D eigenvalue weighted by molar-refractivity contribution is 0.0496. The fourth-order valence-electron chi connectivity index (χ4n) is 4.69. The molecule has 1 amide bonds. The molecule has 0 unspecified atom stereocenters. The maximum absolute atomic E-state index is 13.0. The van der Waals surface area contributed by atoms with Crippen LogP contribution in [0.1, 0.15) is 36.0 Å². The molecule has 0 radical (unpaired) electrons. The summed E-state index contributed by atoms with van der Waals surface area (Å²) in [6.45, 7) is 3.57. The summed E-state index contributed by atoms with van der Waals surface area (Å²) in [6, 6.07) is 6.65. The van der Waals surface area contributed by atoms with Crippen LogP contribution in [0.3, 0.4) is 0 Å². The quantitative estimate of drug-likeness (QED) is 0.839. The van der Waals surface area contributed by atoms with E-state index in [-0.39, 0.29) is 11.7 Å². The molecule has 1 aliphatic heterocycles. The lowest BCUT2D eigenvalue weighted by Gasteiger charge is -2.41. The lowest BCUT2D eigenvalue weighted by atomic mass is 9.93. The number of fused-ring (bicyclic) bond motifs is 2. The molecule has 22 heavy (non-hydrogen) atoms. The Morgan fingerprint density at radius 1 is 1.00 bits per heavy atom. The first kappa shape index (κ1) is 14.2. The molecule has 4 rings (SSSR count). The van der Waals surface area contributed by atoms with Crippen molar-refractivity contribution < 1.29 is 9.18 Å². The summed E-state index contributed by atoms with van der Waals surface area (Å²) in [4.78, 5) is 17.0. The molecule has 3 aliphatic rings. The predicted molar refractivity (Wildman–Crippen MR) is 83.1 cm³/mol. The van der Waals surface area contributed by atoms with Gasteiger partial charge in [-0.1, -0.05) is 6.42 Å². The van der Waals surface area contributed by atoms with Crippen LogP contribution in [-0.4, -0.2) is 47.9 Å². The number of piperazine rings is 1. The maximum Gasteiger partial charge on any atom is 0.253 e. The third-order valence-electron chi connectivity index (χ3n) is 5.86. The Labute approximate surface area is 131 Å². The molecule has 2 saturated carbocycles. The van der Waals surface area contributed by atoms with Gasteiger partial charge in [0, 0.05) is 37.8 Å². The topological polar surface area (TPSA) is 23.6 Å². The highest BCUT2D eigenvalue weighted by atomic mass is 19.1. The first-order valence-corrected chi connectivity index (χ1v) is 8.49. The summed E-state index contributed by atoms with van der Waals surface area (Å²) in [5, 5.41) is 0. The molecule has 0 N–H and O–H groups in total. The summed E-state index contributed by atoms with van der Waals surface area (Å²) in [6.07, 6.45) is 5.64. The summed E-state index contributed by atoms with van der Waals surface area (Å²) < 4.78 is 13.0. The Hall–Kier alpha value is -1.42. The van der Waals surface area contributed by atoms with E-state index in [4.69, 9.17) is 0 Å². The van der Waals surface area contributed by atoms with Crippen molar-refractivity contribution in [3.05, 3.63) is 35.6 Å². The zero-order chi connectivity index (χ0) is 15.1. The minimum atomic E-state index is -0.294. The van der Waals surface area contributed by atoms with Gasteiger partial charge < -0.3 is 4.90 Å². The predicted octanol–water partition coefficient (Wildman–Crippen LogP) is 2.77. The molecule has 1 aromatic carbocycles. The SMILES string of the molecule is O=C(c1ccc(F)cc1)N1CCN([C@H]2C[C@H]3CC[C@@H]2C3)CC1. The molecule has 1 aromatic rings.